The van der Waals surface area contributed by atoms with Crippen molar-refractivity contribution in [3.8, 4) is 11.3 Å². The number of aryl methyl sites for hydroxylation is 1. The molecule has 33 heavy (non-hydrogen) atoms. The van der Waals surface area contributed by atoms with Crippen molar-refractivity contribution in [3.05, 3.63) is 84.2 Å². The highest BCUT2D eigenvalue weighted by Crippen LogP contribution is 2.30. The zero-order valence-corrected chi connectivity index (χ0v) is 18.8. The van der Waals surface area contributed by atoms with Crippen molar-refractivity contribution >= 4 is 39.2 Å². The Hall–Kier alpha value is -3.62. The maximum absolute atomic E-state index is 12.9. The fraction of sp³-hybridized carbons (Fsp3) is 0.160. The number of carbonyl (C=O) groups excluding carboxylic acids is 1. The van der Waals surface area contributed by atoms with E-state index in [0.717, 1.165) is 33.4 Å². The maximum Gasteiger partial charge on any atom is 0.255 e. The number of fused-ring (bicyclic) bond motifs is 1. The van der Waals surface area contributed by atoms with Gasteiger partial charge < -0.3 is 10.1 Å². The van der Waals surface area contributed by atoms with E-state index >= 15 is 0 Å². The van der Waals surface area contributed by atoms with Crippen LogP contribution >= 0.6 is 0 Å². The Balaban J connectivity index is 1.39. The lowest BCUT2D eigenvalue weighted by Crippen LogP contribution is -2.36. The number of aromatic nitrogens is 2. The lowest BCUT2D eigenvalue weighted by Gasteiger charge is -2.27. The molecule has 0 spiro atoms. The predicted octanol–water partition coefficient (Wildman–Crippen LogP) is 4.32. The van der Waals surface area contributed by atoms with Crippen LogP contribution in [0, 0.1) is 6.92 Å². The van der Waals surface area contributed by atoms with Gasteiger partial charge in [-0.15, -0.1) is 0 Å². The minimum Gasteiger partial charge on any atom is -0.359 e. The molecule has 7 nitrogen and oxygen atoms in total. The minimum absolute atomic E-state index is 0.222. The first-order valence-electron chi connectivity index (χ1n) is 10.6. The highest BCUT2D eigenvalue weighted by molar-refractivity contribution is 7.86. The molecule has 166 valence electrons. The highest BCUT2D eigenvalue weighted by Gasteiger charge is 2.19. The summed E-state index contributed by atoms with van der Waals surface area (Å²) in [4.78, 5) is 21.9. The molecule has 1 unspecified atom stereocenters. The quantitative estimate of drug-likeness (QED) is 0.493. The van der Waals surface area contributed by atoms with Gasteiger partial charge in [0.15, 0.2) is 0 Å². The molecule has 5 rings (SSSR count). The number of pyridine rings is 2. The van der Waals surface area contributed by atoms with E-state index in [0.29, 0.717) is 23.6 Å². The summed E-state index contributed by atoms with van der Waals surface area (Å²) < 4.78 is 19.3. The van der Waals surface area contributed by atoms with E-state index in [1.54, 1.807) is 41.0 Å². The molecule has 1 aliphatic rings. The predicted molar refractivity (Wildman–Crippen MR) is 130 cm³/mol. The molecule has 3 heterocycles. The number of hydrogen-bond acceptors (Lipinski definition) is 5. The second-order valence-corrected chi connectivity index (χ2v) is 9.19. The van der Waals surface area contributed by atoms with Crippen molar-refractivity contribution in [3.63, 3.8) is 0 Å². The SMILES string of the molecule is Cc1ccc(NC(=O)c2ccc(N3COCCS3=O)cc2)cc1-c1nccc2ncccc12. The molecule has 1 saturated heterocycles. The molecule has 1 fully saturated rings. The summed E-state index contributed by atoms with van der Waals surface area (Å²) >= 11 is 0. The van der Waals surface area contributed by atoms with E-state index in [1.165, 1.54) is 0 Å². The molecule has 4 aromatic rings. The number of carbonyl (C=O) groups is 1. The summed E-state index contributed by atoms with van der Waals surface area (Å²) in [5.74, 6) is 0.250. The van der Waals surface area contributed by atoms with Gasteiger partial charge in [0.1, 0.15) is 17.7 Å². The van der Waals surface area contributed by atoms with Crippen LogP contribution in [0.5, 0.6) is 0 Å². The van der Waals surface area contributed by atoms with Gasteiger partial charge in [-0.2, -0.15) is 0 Å². The first kappa shape index (κ1) is 21.2. The van der Waals surface area contributed by atoms with E-state index in [2.05, 4.69) is 15.3 Å². The number of anilines is 2. The molecule has 0 radical (unpaired) electrons. The lowest BCUT2D eigenvalue weighted by atomic mass is 10.0. The largest absolute Gasteiger partial charge is 0.359 e. The number of ether oxygens (including phenoxy) is 1. The van der Waals surface area contributed by atoms with Gasteiger partial charge in [-0.1, -0.05) is 6.07 Å². The van der Waals surface area contributed by atoms with Gasteiger partial charge in [-0.3, -0.25) is 19.1 Å². The van der Waals surface area contributed by atoms with Crippen LogP contribution in [0.25, 0.3) is 22.2 Å². The number of hydrogen-bond donors (Lipinski definition) is 1. The molecule has 2 aromatic carbocycles. The highest BCUT2D eigenvalue weighted by atomic mass is 32.2. The first-order valence-corrected chi connectivity index (χ1v) is 11.8. The van der Waals surface area contributed by atoms with E-state index in [9.17, 15) is 9.00 Å². The standard InChI is InChI=1S/C25H22N4O3S/c1-17-4-7-19(15-22(17)24-21-3-2-11-26-23(21)10-12-27-24)28-25(30)18-5-8-20(9-6-18)29-16-32-13-14-33(29)31/h2-12,15H,13-14,16H2,1H3,(H,28,30). The number of nitrogens with one attached hydrogen (secondary N) is 1. The van der Waals surface area contributed by atoms with Crippen LogP contribution in [0.2, 0.25) is 0 Å². The summed E-state index contributed by atoms with van der Waals surface area (Å²) in [5, 5.41) is 3.93. The van der Waals surface area contributed by atoms with Crippen LogP contribution in [-0.4, -0.2) is 39.2 Å². The number of benzene rings is 2. The van der Waals surface area contributed by atoms with Gasteiger partial charge in [0, 0.05) is 34.6 Å². The lowest BCUT2D eigenvalue weighted by molar-refractivity contribution is 0.102. The van der Waals surface area contributed by atoms with Crippen molar-refractivity contribution in [2.75, 3.05) is 28.7 Å². The van der Waals surface area contributed by atoms with Crippen LogP contribution in [0.15, 0.2) is 73.1 Å². The molecular weight excluding hydrogens is 436 g/mol. The molecule has 8 heteroatoms. The molecule has 1 amide bonds. The molecule has 1 N–H and O–H groups in total. The smallest absolute Gasteiger partial charge is 0.255 e. The van der Waals surface area contributed by atoms with Crippen molar-refractivity contribution in [2.24, 2.45) is 0 Å². The van der Waals surface area contributed by atoms with Crippen molar-refractivity contribution < 1.29 is 13.7 Å². The Morgan fingerprint density at radius 3 is 2.73 bits per heavy atom. The minimum atomic E-state index is -1.11. The van der Waals surface area contributed by atoms with Gasteiger partial charge >= 0.3 is 0 Å². The van der Waals surface area contributed by atoms with Crippen molar-refractivity contribution in [1.29, 1.82) is 0 Å². The van der Waals surface area contributed by atoms with Gasteiger partial charge in [0.25, 0.3) is 5.91 Å². The maximum atomic E-state index is 12.9. The molecule has 1 atom stereocenters. The van der Waals surface area contributed by atoms with Crippen LogP contribution in [-0.2, 0) is 15.7 Å². The second kappa shape index (κ2) is 9.09. The van der Waals surface area contributed by atoms with Crippen LogP contribution in [0.1, 0.15) is 15.9 Å². The average molecular weight is 459 g/mol. The molecule has 0 saturated carbocycles. The Labute approximate surface area is 194 Å². The van der Waals surface area contributed by atoms with E-state index in [-0.39, 0.29) is 12.6 Å². The van der Waals surface area contributed by atoms with Gasteiger partial charge in [-0.25, -0.2) is 4.21 Å². The second-order valence-electron chi connectivity index (χ2n) is 7.70. The Kier molecular flexibility index (Phi) is 5.85. The summed E-state index contributed by atoms with van der Waals surface area (Å²) in [7, 11) is -1.11. The third-order valence-electron chi connectivity index (χ3n) is 5.55. The zero-order valence-electron chi connectivity index (χ0n) is 18.0. The number of nitrogens with zero attached hydrogens (tertiary/aromatic N) is 3. The summed E-state index contributed by atoms with van der Waals surface area (Å²) in [6.07, 6.45) is 3.51. The summed E-state index contributed by atoms with van der Waals surface area (Å²) in [6, 6.07) is 18.6. The van der Waals surface area contributed by atoms with Gasteiger partial charge in [-0.05, 0) is 67.1 Å². The molecule has 1 aliphatic heterocycles. The number of rotatable bonds is 4. The third kappa shape index (κ3) is 4.35. The van der Waals surface area contributed by atoms with Crippen LogP contribution in [0.3, 0.4) is 0 Å². The third-order valence-corrected chi connectivity index (χ3v) is 6.88. The van der Waals surface area contributed by atoms with E-state index in [1.807, 2.05) is 43.3 Å². The summed E-state index contributed by atoms with van der Waals surface area (Å²) in [5.41, 5.74) is 5.65. The monoisotopic (exact) mass is 458 g/mol. The Bertz CT molecular complexity index is 1350. The van der Waals surface area contributed by atoms with E-state index < -0.39 is 11.0 Å². The normalized spacial score (nSPS) is 16.0. The molecule has 0 bridgehead atoms. The molecular formula is C25H22N4O3S. The molecule has 0 aliphatic carbocycles. The Morgan fingerprint density at radius 2 is 1.91 bits per heavy atom. The van der Waals surface area contributed by atoms with Gasteiger partial charge in [0.05, 0.1) is 29.3 Å². The zero-order chi connectivity index (χ0) is 22.8. The molecule has 2 aromatic heterocycles. The topological polar surface area (TPSA) is 84.4 Å². The average Bonchev–Trinajstić information content (AvgIpc) is 2.85. The fourth-order valence-electron chi connectivity index (χ4n) is 3.79. The van der Waals surface area contributed by atoms with E-state index in [4.69, 9.17) is 4.74 Å². The van der Waals surface area contributed by atoms with Crippen molar-refractivity contribution in [1.82, 2.24) is 9.97 Å². The fourth-order valence-corrected chi connectivity index (χ4v) is 4.82. The summed E-state index contributed by atoms with van der Waals surface area (Å²) in [6.45, 7) is 2.79. The van der Waals surface area contributed by atoms with Crippen LogP contribution < -0.4 is 9.62 Å². The first-order chi connectivity index (χ1) is 16.1. The van der Waals surface area contributed by atoms with Gasteiger partial charge in [0.2, 0.25) is 0 Å². The van der Waals surface area contributed by atoms with Crippen LogP contribution in [0.4, 0.5) is 11.4 Å². The van der Waals surface area contributed by atoms with Crippen molar-refractivity contribution in [2.45, 2.75) is 6.92 Å². The number of amides is 1. The Morgan fingerprint density at radius 1 is 1.06 bits per heavy atom.